The lowest BCUT2D eigenvalue weighted by molar-refractivity contribution is -0.137. The molecule has 0 bridgehead atoms. The molecule has 8 heteroatoms. The van der Waals surface area contributed by atoms with Gasteiger partial charge in [-0.25, -0.2) is 4.98 Å². The van der Waals surface area contributed by atoms with Crippen LogP contribution in [-0.2, 0) is 6.18 Å². The van der Waals surface area contributed by atoms with Crippen LogP contribution in [0.25, 0.3) is 11.0 Å². The van der Waals surface area contributed by atoms with Gasteiger partial charge in [0.1, 0.15) is 0 Å². The topological polar surface area (TPSA) is 52.7 Å². The number of H-pyrrole nitrogens is 1. The molecule has 0 aliphatic carbocycles. The second-order valence-corrected chi connectivity index (χ2v) is 6.54. The number of benzene rings is 2. The van der Waals surface area contributed by atoms with Crippen molar-refractivity contribution in [2.75, 3.05) is 10.6 Å². The van der Waals surface area contributed by atoms with Crippen molar-refractivity contribution < 1.29 is 13.2 Å². The molecule has 0 saturated heterocycles. The number of aromatic amines is 1. The second-order valence-electron chi connectivity index (χ2n) is 6.10. The van der Waals surface area contributed by atoms with E-state index in [0.717, 1.165) is 23.4 Å². The van der Waals surface area contributed by atoms with Crippen molar-refractivity contribution in [3.8, 4) is 0 Å². The number of hydrogen-bond acceptors (Lipinski definition) is 3. The van der Waals surface area contributed by atoms with Gasteiger partial charge >= 0.3 is 6.18 Å². The molecule has 0 radical (unpaired) electrons. The SMILES string of the molecule is CC1Nc2ccc(Cl)cc2C1Nc1nc2cc(C(F)(F)F)ccc2[nH]1. The van der Waals surface area contributed by atoms with Crippen LogP contribution in [0.1, 0.15) is 24.1 Å². The molecule has 3 aromatic rings. The molecule has 2 aromatic carbocycles. The number of imidazole rings is 1. The van der Waals surface area contributed by atoms with Crippen molar-refractivity contribution in [3.05, 3.63) is 52.5 Å². The van der Waals surface area contributed by atoms with E-state index >= 15 is 0 Å². The van der Waals surface area contributed by atoms with Crippen LogP contribution >= 0.6 is 11.6 Å². The normalized spacial score (nSPS) is 19.7. The van der Waals surface area contributed by atoms with Gasteiger partial charge in [-0.3, -0.25) is 0 Å². The maximum atomic E-state index is 12.8. The Morgan fingerprint density at radius 2 is 1.96 bits per heavy atom. The molecule has 4 nitrogen and oxygen atoms in total. The molecule has 2 atom stereocenters. The van der Waals surface area contributed by atoms with E-state index in [1.165, 1.54) is 6.07 Å². The van der Waals surface area contributed by atoms with E-state index in [0.29, 0.717) is 16.5 Å². The number of aromatic nitrogens is 2. The van der Waals surface area contributed by atoms with Crippen molar-refractivity contribution in [1.29, 1.82) is 0 Å². The monoisotopic (exact) mass is 366 g/mol. The van der Waals surface area contributed by atoms with Gasteiger partial charge in [-0.05, 0) is 43.3 Å². The number of fused-ring (bicyclic) bond motifs is 2. The second kappa shape index (κ2) is 5.56. The fraction of sp³-hybridized carbons (Fsp3) is 0.235. The molecule has 1 aliphatic heterocycles. The minimum Gasteiger partial charge on any atom is -0.380 e. The van der Waals surface area contributed by atoms with Crippen LogP contribution in [0.4, 0.5) is 24.8 Å². The van der Waals surface area contributed by atoms with Crippen LogP contribution in [0, 0.1) is 0 Å². The summed E-state index contributed by atoms with van der Waals surface area (Å²) < 4.78 is 38.5. The lowest BCUT2D eigenvalue weighted by Crippen LogP contribution is -2.23. The first-order chi connectivity index (χ1) is 11.8. The van der Waals surface area contributed by atoms with Gasteiger partial charge < -0.3 is 15.6 Å². The molecule has 1 aliphatic rings. The van der Waals surface area contributed by atoms with Gasteiger partial charge in [0.15, 0.2) is 0 Å². The van der Waals surface area contributed by atoms with Gasteiger partial charge in [0, 0.05) is 22.3 Å². The van der Waals surface area contributed by atoms with Gasteiger partial charge in [-0.15, -0.1) is 0 Å². The summed E-state index contributed by atoms with van der Waals surface area (Å²) in [6.45, 7) is 2.01. The third-order valence-electron chi connectivity index (χ3n) is 4.33. The summed E-state index contributed by atoms with van der Waals surface area (Å²) in [6.07, 6.45) is -4.39. The fourth-order valence-corrected chi connectivity index (χ4v) is 3.30. The molecule has 0 spiro atoms. The molecule has 1 aromatic heterocycles. The highest BCUT2D eigenvalue weighted by Gasteiger charge is 2.32. The smallest absolute Gasteiger partial charge is 0.380 e. The first-order valence-corrected chi connectivity index (χ1v) is 8.08. The highest BCUT2D eigenvalue weighted by Crippen LogP contribution is 2.38. The summed E-state index contributed by atoms with van der Waals surface area (Å²) in [6, 6.07) is 9.03. The quantitative estimate of drug-likeness (QED) is 0.584. The highest BCUT2D eigenvalue weighted by molar-refractivity contribution is 6.30. The van der Waals surface area contributed by atoms with Crippen LogP contribution in [0.2, 0.25) is 5.02 Å². The molecule has 2 unspecified atom stereocenters. The molecule has 3 N–H and O–H groups in total. The minimum atomic E-state index is -4.39. The van der Waals surface area contributed by atoms with Gasteiger partial charge in [0.25, 0.3) is 0 Å². The summed E-state index contributed by atoms with van der Waals surface area (Å²) in [7, 11) is 0. The largest absolute Gasteiger partial charge is 0.416 e. The number of rotatable bonds is 2. The first-order valence-electron chi connectivity index (χ1n) is 7.71. The zero-order valence-electron chi connectivity index (χ0n) is 13.1. The van der Waals surface area contributed by atoms with Gasteiger partial charge in [-0.2, -0.15) is 13.2 Å². The van der Waals surface area contributed by atoms with Crippen LogP contribution in [0.15, 0.2) is 36.4 Å². The number of alkyl halides is 3. The molecule has 4 rings (SSSR count). The van der Waals surface area contributed by atoms with E-state index in [9.17, 15) is 13.2 Å². The maximum absolute atomic E-state index is 12.8. The lowest BCUT2D eigenvalue weighted by Gasteiger charge is -2.17. The predicted octanol–water partition coefficient (Wildman–Crippen LogP) is 5.20. The molecular weight excluding hydrogens is 353 g/mol. The van der Waals surface area contributed by atoms with E-state index in [2.05, 4.69) is 20.6 Å². The molecule has 0 fully saturated rings. The molecule has 0 saturated carbocycles. The van der Waals surface area contributed by atoms with Crippen molar-refractivity contribution in [3.63, 3.8) is 0 Å². The van der Waals surface area contributed by atoms with Crippen LogP contribution in [0.5, 0.6) is 0 Å². The summed E-state index contributed by atoms with van der Waals surface area (Å²) in [4.78, 5) is 7.27. The fourth-order valence-electron chi connectivity index (χ4n) is 3.12. The average molecular weight is 367 g/mol. The number of hydrogen-bond donors (Lipinski definition) is 3. The minimum absolute atomic E-state index is 0.0763. The standard InChI is InChI=1S/C17H14ClF3N4/c1-8-15(11-7-10(18)3-5-12(11)22-8)25-16-23-13-4-2-9(17(19,20)21)6-14(13)24-16/h2-8,15,22H,1H3,(H2,23,24,25). The highest BCUT2D eigenvalue weighted by atomic mass is 35.5. The Bertz CT molecular complexity index is 951. The molecule has 2 heterocycles. The third-order valence-corrected chi connectivity index (χ3v) is 4.57. The van der Waals surface area contributed by atoms with E-state index in [1.54, 1.807) is 0 Å². The molecule has 0 amide bonds. The lowest BCUT2D eigenvalue weighted by atomic mass is 10.0. The molecule has 25 heavy (non-hydrogen) atoms. The zero-order chi connectivity index (χ0) is 17.8. The molecule has 130 valence electrons. The predicted molar refractivity (Wildman–Crippen MR) is 92.0 cm³/mol. The first kappa shape index (κ1) is 16.1. The Morgan fingerprint density at radius 3 is 2.72 bits per heavy atom. The van der Waals surface area contributed by atoms with Crippen molar-refractivity contribution >= 4 is 34.3 Å². The maximum Gasteiger partial charge on any atom is 0.416 e. The van der Waals surface area contributed by atoms with Crippen molar-refractivity contribution in [1.82, 2.24) is 9.97 Å². The zero-order valence-corrected chi connectivity index (χ0v) is 13.8. The Morgan fingerprint density at radius 1 is 1.16 bits per heavy atom. The summed E-state index contributed by atoms with van der Waals surface area (Å²) in [5.41, 5.74) is 2.06. The van der Waals surface area contributed by atoms with Crippen LogP contribution < -0.4 is 10.6 Å². The summed E-state index contributed by atoms with van der Waals surface area (Å²) >= 11 is 6.08. The van der Waals surface area contributed by atoms with Crippen LogP contribution in [-0.4, -0.2) is 16.0 Å². The van der Waals surface area contributed by atoms with Gasteiger partial charge in [0.2, 0.25) is 5.95 Å². The number of halogens is 4. The van der Waals surface area contributed by atoms with Gasteiger partial charge in [-0.1, -0.05) is 11.6 Å². The Balaban J connectivity index is 1.66. The summed E-state index contributed by atoms with van der Waals surface area (Å²) in [5.74, 6) is 0.417. The average Bonchev–Trinajstić information content (AvgIpc) is 3.07. The van der Waals surface area contributed by atoms with Crippen molar-refractivity contribution in [2.24, 2.45) is 0 Å². The Hall–Kier alpha value is -2.41. The van der Waals surface area contributed by atoms with Gasteiger partial charge in [0.05, 0.1) is 22.6 Å². The third kappa shape index (κ3) is 2.89. The summed E-state index contributed by atoms with van der Waals surface area (Å²) in [5, 5.41) is 7.22. The van der Waals surface area contributed by atoms with E-state index in [1.807, 2.05) is 25.1 Å². The Kier molecular flexibility index (Phi) is 3.57. The van der Waals surface area contributed by atoms with E-state index < -0.39 is 11.7 Å². The van der Waals surface area contributed by atoms with E-state index in [4.69, 9.17) is 11.6 Å². The molecular formula is C17H14ClF3N4. The van der Waals surface area contributed by atoms with E-state index in [-0.39, 0.29) is 17.6 Å². The van der Waals surface area contributed by atoms with Crippen LogP contribution in [0.3, 0.4) is 0 Å². The number of nitrogens with zero attached hydrogens (tertiary/aromatic N) is 1. The Labute approximate surface area is 146 Å². The number of anilines is 2. The number of nitrogens with one attached hydrogen (secondary N) is 3. The van der Waals surface area contributed by atoms with Crippen molar-refractivity contribution in [2.45, 2.75) is 25.2 Å².